The number of nitrogens with one attached hydrogen (secondary N) is 2. The Morgan fingerprint density at radius 2 is 2.30 bits per heavy atom. The average Bonchev–Trinajstić information content (AvgIpc) is 2.98. The lowest BCUT2D eigenvalue weighted by Gasteiger charge is -2.18. The van der Waals surface area contributed by atoms with Gasteiger partial charge in [0.2, 0.25) is 0 Å². The Morgan fingerprint density at radius 1 is 1.30 bits per heavy atom. The van der Waals surface area contributed by atoms with Crippen LogP contribution in [0.4, 0.5) is 0 Å². The topological polar surface area (TPSA) is 53.6 Å². The molecule has 1 atom stereocenters. The predicted molar refractivity (Wildman–Crippen MR) is 80.0 cm³/mol. The molecule has 4 nitrogen and oxygen atoms in total. The highest BCUT2D eigenvalue weighted by molar-refractivity contribution is 5.61. The number of aromatic nitrogens is 3. The molecule has 0 aliphatic heterocycles. The fraction of sp³-hybridized carbons (Fsp3) is 0.375. The van der Waals surface area contributed by atoms with Crippen molar-refractivity contribution < 1.29 is 0 Å². The van der Waals surface area contributed by atoms with Crippen molar-refractivity contribution in [1.82, 2.24) is 20.5 Å². The number of rotatable bonds is 5. The van der Waals surface area contributed by atoms with Crippen LogP contribution in [-0.4, -0.2) is 21.7 Å². The van der Waals surface area contributed by atoms with Crippen molar-refractivity contribution >= 4 is 0 Å². The summed E-state index contributed by atoms with van der Waals surface area (Å²) in [5.41, 5.74) is 3.35. The van der Waals surface area contributed by atoms with Gasteiger partial charge in [-0.1, -0.05) is 12.2 Å². The summed E-state index contributed by atoms with van der Waals surface area (Å²) in [6.45, 7) is 1.92. The molecular formula is C16H20N4. The molecule has 0 fully saturated rings. The highest BCUT2D eigenvalue weighted by atomic mass is 15.1. The van der Waals surface area contributed by atoms with E-state index in [0.717, 1.165) is 30.3 Å². The number of hydrogen-bond donors (Lipinski definition) is 2. The molecular weight excluding hydrogens is 248 g/mol. The van der Waals surface area contributed by atoms with E-state index in [9.17, 15) is 0 Å². The molecule has 0 bridgehead atoms. The zero-order valence-corrected chi connectivity index (χ0v) is 11.5. The van der Waals surface area contributed by atoms with E-state index in [1.807, 2.05) is 18.5 Å². The third-order valence-corrected chi connectivity index (χ3v) is 3.79. The lowest BCUT2D eigenvalue weighted by atomic mass is 9.94. The number of H-pyrrole nitrogens is 1. The Hall–Kier alpha value is -1.94. The summed E-state index contributed by atoms with van der Waals surface area (Å²) in [6.07, 6.45) is 13.9. The molecule has 1 aliphatic carbocycles. The van der Waals surface area contributed by atoms with Crippen molar-refractivity contribution in [3.8, 4) is 11.3 Å². The molecule has 3 rings (SSSR count). The first-order valence-corrected chi connectivity index (χ1v) is 7.22. The number of hydrogen-bond acceptors (Lipinski definition) is 3. The molecule has 1 aliphatic rings. The zero-order valence-electron chi connectivity index (χ0n) is 11.5. The van der Waals surface area contributed by atoms with Crippen LogP contribution in [0.2, 0.25) is 0 Å². The second-order valence-electron chi connectivity index (χ2n) is 5.29. The smallest absolute Gasteiger partial charge is 0.0710 e. The van der Waals surface area contributed by atoms with Gasteiger partial charge in [-0.25, -0.2) is 0 Å². The lowest BCUT2D eigenvalue weighted by Crippen LogP contribution is -2.23. The van der Waals surface area contributed by atoms with Crippen LogP contribution in [0.15, 0.2) is 42.9 Å². The molecule has 0 spiro atoms. The molecule has 0 saturated carbocycles. The van der Waals surface area contributed by atoms with Crippen LogP contribution in [0, 0.1) is 5.92 Å². The van der Waals surface area contributed by atoms with Crippen molar-refractivity contribution in [2.75, 3.05) is 6.54 Å². The lowest BCUT2D eigenvalue weighted by molar-refractivity contribution is 0.440. The van der Waals surface area contributed by atoms with Crippen LogP contribution in [-0.2, 0) is 6.54 Å². The van der Waals surface area contributed by atoms with Gasteiger partial charge in [0.15, 0.2) is 0 Å². The molecule has 104 valence electrons. The molecule has 2 aromatic heterocycles. The first kappa shape index (κ1) is 13.1. The van der Waals surface area contributed by atoms with Gasteiger partial charge in [0.1, 0.15) is 0 Å². The largest absolute Gasteiger partial charge is 0.312 e. The van der Waals surface area contributed by atoms with Gasteiger partial charge in [0.05, 0.1) is 11.9 Å². The first-order valence-electron chi connectivity index (χ1n) is 7.22. The predicted octanol–water partition coefficient (Wildman–Crippen LogP) is 2.92. The monoisotopic (exact) mass is 268 g/mol. The van der Waals surface area contributed by atoms with Crippen LogP contribution >= 0.6 is 0 Å². The molecule has 2 N–H and O–H groups in total. The van der Waals surface area contributed by atoms with E-state index in [1.54, 1.807) is 6.20 Å². The fourth-order valence-corrected chi connectivity index (χ4v) is 2.66. The van der Waals surface area contributed by atoms with Crippen LogP contribution in [0.5, 0.6) is 0 Å². The molecule has 2 heterocycles. The Labute approximate surface area is 119 Å². The van der Waals surface area contributed by atoms with Crippen molar-refractivity contribution in [3.63, 3.8) is 0 Å². The number of allylic oxidation sites excluding steroid dienone is 2. The quantitative estimate of drug-likeness (QED) is 0.820. The number of aromatic amines is 1. The summed E-state index contributed by atoms with van der Waals surface area (Å²) >= 11 is 0. The minimum absolute atomic E-state index is 0.772. The molecule has 2 aromatic rings. The number of pyridine rings is 1. The average molecular weight is 268 g/mol. The molecule has 20 heavy (non-hydrogen) atoms. The van der Waals surface area contributed by atoms with Crippen molar-refractivity contribution in [2.45, 2.75) is 25.8 Å². The van der Waals surface area contributed by atoms with Gasteiger partial charge in [-0.05, 0) is 43.9 Å². The Balaban J connectivity index is 1.58. The van der Waals surface area contributed by atoms with Crippen LogP contribution in [0.3, 0.4) is 0 Å². The standard InChI is InChI=1S/C16H20N4/c1-2-5-13(6-3-1)9-18-11-15-12-19-20-16(15)14-7-4-8-17-10-14/h1-2,4,7-8,10,12-13,18H,3,5-6,9,11H2,(H,19,20). The summed E-state index contributed by atoms with van der Waals surface area (Å²) < 4.78 is 0. The highest BCUT2D eigenvalue weighted by Crippen LogP contribution is 2.20. The third-order valence-electron chi connectivity index (χ3n) is 3.79. The summed E-state index contributed by atoms with van der Waals surface area (Å²) in [5.74, 6) is 0.772. The molecule has 0 radical (unpaired) electrons. The van der Waals surface area contributed by atoms with Crippen LogP contribution < -0.4 is 5.32 Å². The molecule has 0 saturated heterocycles. The van der Waals surface area contributed by atoms with Gasteiger partial charge in [-0.3, -0.25) is 10.1 Å². The second kappa shape index (κ2) is 6.48. The number of nitrogens with zero attached hydrogens (tertiary/aromatic N) is 2. The molecule has 1 unspecified atom stereocenters. The minimum atomic E-state index is 0.772. The Morgan fingerprint density at radius 3 is 3.10 bits per heavy atom. The minimum Gasteiger partial charge on any atom is -0.312 e. The first-order chi connectivity index (χ1) is 9.93. The van der Waals surface area contributed by atoms with Gasteiger partial charge in [-0.15, -0.1) is 0 Å². The van der Waals surface area contributed by atoms with Gasteiger partial charge in [0, 0.05) is 30.1 Å². The third kappa shape index (κ3) is 3.14. The van der Waals surface area contributed by atoms with Gasteiger partial charge >= 0.3 is 0 Å². The van der Waals surface area contributed by atoms with E-state index in [4.69, 9.17) is 0 Å². The van der Waals surface area contributed by atoms with Crippen LogP contribution in [0.1, 0.15) is 24.8 Å². The summed E-state index contributed by atoms with van der Waals surface area (Å²) in [4.78, 5) is 4.16. The van der Waals surface area contributed by atoms with E-state index in [1.165, 1.54) is 24.8 Å². The highest BCUT2D eigenvalue weighted by Gasteiger charge is 2.11. The summed E-state index contributed by atoms with van der Waals surface area (Å²) in [6, 6.07) is 4.00. The second-order valence-corrected chi connectivity index (χ2v) is 5.29. The molecule has 0 amide bonds. The summed E-state index contributed by atoms with van der Waals surface area (Å²) in [5, 5.41) is 10.8. The normalized spacial score (nSPS) is 18.3. The maximum atomic E-state index is 4.16. The Kier molecular flexibility index (Phi) is 4.23. The Bertz CT molecular complexity index is 559. The fourth-order valence-electron chi connectivity index (χ4n) is 2.66. The van der Waals surface area contributed by atoms with Gasteiger partial charge < -0.3 is 5.32 Å². The van der Waals surface area contributed by atoms with Gasteiger partial charge in [0.25, 0.3) is 0 Å². The van der Waals surface area contributed by atoms with E-state index in [-0.39, 0.29) is 0 Å². The van der Waals surface area contributed by atoms with Crippen LogP contribution in [0.25, 0.3) is 11.3 Å². The van der Waals surface area contributed by atoms with Crippen molar-refractivity contribution in [1.29, 1.82) is 0 Å². The van der Waals surface area contributed by atoms with Crippen molar-refractivity contribution in [3.05, 3.63) is 48.4 Å². The maximum absolute atomic E-state index is 4.16. The van der Waals surface area contributed by atoms with Gasteiger partial charge in [-0.2, -0.15) is 5.10 Å². The van der Waals surface area contributed by atoms with Crippen molar-refractivity contribution in [2.24, 2.45) is 5.92 Å². The summed E-state index contributed by atoms with van der Waals surface area (Å²) in [7, 11) is 0. The van der Waals surface area contributed by atoms with E-state index >= 15 is 0 Å². The molecule has 4 heteroatoms. The van der Waals surface area contributed by atoms with E-state index in [2.05, 4.69) is 38.7 Å². The van der Waals surface area contributed by atoms with E-state index in [0.29, 0.717) is 0 Å². The maximum Gasteiger partial charge on any atom is 0.0710 e. The molecule has 0 aromatic carbocycles. The van der Waals surface area contributed by atoms with E-state index < -0.39 is 0 Å². The zero-order chi connectivity index (χ0) is 13.6. The SMILES string of the molecule is C1=CCC(CNCc2cn[nH]c2-c2cccnc2)CC1.